The lowest BCUT2D eigenvalue weighted by atomic mass is 9.99. The van der Waals surface area contributed by atoms with Gasteiger partial charge in [-0.05, 0) is 30.9 Å². The second-order valence-electron chi connectivity index (χ2n) is 5.65. The summed E-state index contributed by atoms with van der Waals surface area (Å²) in [6, 6.07) is 6.40. The van der Waals surface area contributed by atoms with Gasteiger partial charge in [-0.2, -0.15) is 0 Å². The Morgan fingerprint density at radius 2 is 1.95 bits per heavy atom. The number of hydroxylamine groups is 2. The largest absolute Gasteiger partial charge is 0.378 e. The van der Waals surface area contributed by atoms with Crippen LogP contribution in [0.15, 0.2) is 24.3 Å². The molecule has 1 aromatic carbocycles. The van der Waals surface area contributed by atoms with Crippen molar-refractivity contribution in [3.63, 3.8) is 0 Å². The number of ether oxygens (including phenoxy) is 1. The number of carbonyl (C=O) groups is 3. The maximum atomic E-state index is 12.1. The van der Waals surface area contributed by atoms with Gasteiger partial charge in [0, 0.05) is 6.61 Å². The maximum Gasteiger partial charge on any atom is 0.333 e. The van der Waals surface area contributed by atoms with Gasteiger partial charge in [0.1, 0.15) is 0 Å². The maximum absolute atomic E-state index is 12.1. The monoisotopic (exact) mass is 303 g/mol. The van der Waals surface area contributed by atoms with Crippen LogP contribution in [0.5, 0.6) is 0 Å². The quantitative estimate of drug-likeness (QED) is 0.795. The van der Waals surface area contributed by atoms with E-state index in [0.717, 1.165) is 12.8 Å². The van der Waals surface area contributed by atoms with Crippen LogP contribution in [0, 0.1) is 5.92 Å². The summed E-state index contributed by atoms with van der Waals surface area (Å²) in [5.74, 6) is -1.81. The zero-order chi connectivity index (χ0) is 15.7. The molecule has 0 spiro atoms. The first-order chi connectivity index (χ1) is 10.6. The Hall–Kier alpha value is -2.21. The molecular formula is C16H17NO5. The highest BCUT2D eigenvalue weighted by atomic mass is 16.7. The summed E-state index contributed by atoms with van der Waals surface area (Å²) in [7, 11) is 0. The summed E-state index contributed by atoms with van der Waals surface area (Å²) in [5, 5.41) is 0.551. The molecule has 0 saturated carbocycles. The Labute approximate surface area is 127 Å². The molecule has 22 heavy (non-hydrogen) atoms. The molecule has 0 aromatic heterocycles. The molecular weight excluding hydrogens is 286 g/mol. The summed E-state index contributed by atoms with van der Waals surface area (Å²) in [4.78, 5) is 41.1. The minimum absolute atomic E-state index is 0.00909. The summed E-state index contributed by atoms with van der Waals surface area (Å²) in [5.41, 5.74) is 0.514. The molecule has 2 aliphatic heterocycles. The molecule has 3 rings (SSSR count). The van der Waals surface area contributed by atoms with Crippen molar-refractivity contribution in [1.29, 1.82) is 0 Å². The number of amides is 2. The van der Waals surface area contributed by atoms with E-state index in [1.54, 1.807) is 24.3 Å². The van der Waals surface area contributed by atoms with E-state index < -0.39 is 17.8 Å². The van der Waals surface area contributed by atoms with Gasteiger partial charge in [-0.3, -0.25) is 9.59 Å². The number of rotatable bonds is 4. The number of nitrogens with zero attached hydrogens (tertiary/aromatic N) is 1. The molecule has 116 valence electrons. The van der Waals surface area contributed by atoms with Crippen LogP contribution in [0.3, 0.4) is 0 Å². The van der Waals surface area contributed by atoms with Crippen LogP contribution in [0.25, 0.3) is 0 Å². The first kappa shape index (κ1) is 14.7. The van der Waals surface area contributed by atoms with Crippen molar-refractivity contribution < 1.29 is 24.0 Å². The van der Waals surface area contributed by atoms with E-state index in [1.165, 1.54) is 0 Å². The predicted molar refractivity (Wildman–Crippen MR) is 75.8 cm³/mol. The highest BCUT2D eigenvalue weighted by Gasteiger charge is 2.39. The van der Waals surface area contributed by atoms with Crippen molar-refractivity contribution in [1.82, 2.24) is 5.06 Å². The second-order valence-corrected chi connectivity index (χ2v) is 5.65. The average Bonchev–Trinajstić information content (AvgIpc) is 3.12. The molecule has 6 nitrogen and oxygen atoms in total. The summed E-state index contributed by atoms with van der Waals surface area (Å²) >= 11 is 0. The number of imide groups is 1. The standard InChI is InChI=1S/C16H17NO5/c1-10(13-7-4-8-21-13)9-14(18)22-17-15(19)11-5-2-3-6-12(11)16(17)20/h2-3,5-6,10,13H,4,7-9H2,1H3. The molecule has 0 N–H and O–H groups in total. The van der Waals surface area contributed by atoms with E-state index in [1.807, 2.05) is 6.92 Å². The van der Waals surface area contributed by atoms with E-state index in [9.17, 15) is 14.4 Å². The Kier molecular flexibility index (Phi) is 3.94. The van der Waals surface area contributed by atoms with Gasteiger partial charge >= 0.3 is 5.97 Å². The summed E-state index contributed by atoms with van der Waals surface area (Å²) < 4.78 is 5.52. The first-order valence-electron chi connectivity index (χ1n) is 7.38. The summed E-state index contributed by atoms with van der Waals surface area (Å²) in [6.07, 6.45) is 2.05. The van der Waals surface area contributed by atoms with Crippen LogP contribution in [-0.4, -0.2) is 35.6 Å². The van der Waals surface area contributed by atoms with Crippen LogP contribution in [0.2, 0.25) is 0 Å². The van der Waals surface area contributed by atoms with E-state index in [0.29, 0.717) is 11.7 Å². The van der Waals surface area contributed by atoms with Gasteiger partial charge in [0.25, 0.3) is 11.8 Å². The number of hydrogen-bond donors (Lipinski definition) is 0. The second kappa shape index (κ2) is 5.88. The van der Waals surface area contributed by atoms with E-state index in [4.69, 9.17) is 9.57 Å². The van der Waals surface area contributed by atoms with Gasteiger partial charge in [-0.15, -0.1) is 0 Å². The van der Waals surface area contributed by atoms with E-state index in [-0.39, 0.29) is 29.6 Å². The predicted octanol–water partition coefficient (Wildman–Crippen LogP) is 1.95. The van der Waals surface area contributed by atoms with Crippen molar-refractivity contribution in [2.45, 2.75) is 32.3 Å². The highest BCUT2D eigenvalue weighted by Crippen LogP contribution is 2.25. The molecule has 0 radical (unpaired) electrons. The van der Waals surface area contributed by atoms with Crippen molar-refractivity contribution in [2.75, 3.05) is 6.61 Å². The molecule has 2 heterocycles. The average molecular weight is 303 g/mol. The molecule has 6 heteroatoms. The highest BCUT2D eigenvalue weighted by molar-refractivity contribution is 6.20. The first-order valence-corrected chi connectivity index (χ1v) is 7.38. The van der Waals surface area contributed by atoms with Crippen LogP contribution in [0.4, 0.5) is 0 Å². The van der Waals surface area contributed by atoms with Crippen molar-refractivity contribution in [2.24, 2.45) is 5.92 Å². The van der Waals surface area contributed by atoms with Gasteiger partial charge in [-0.1, -0.05) is 24.1 Å². The molecule has 2 amide bonds. The fourth-order valence-electron chi connectivity index (χ4n) is 2.83. The Bertz CT molecular complexity index is 586. The normalized spacial score (nSPS) is 21.9. The zero-order valence-electron chi connectivity index (χ0n) is 12.3. The third-order valence-electron chi connectivity index (χ3n) is 4.04. The van der Waals surface area contributed by atoms with E-state index in [2.05, 4.69) is 0 Å². The lowest BCUT2D eigenvalue weighted by Gasteiger charge is -2.19. The lowest BCUT2D eigenvalue weighted by molar-refractivity contribution is -0.170. The van der Waals surface area contributed by atoms with Crippen LogP contribution >= 0.6 is 0 Å². The van der Waals surface area contributed by atoms with Crippen LogP contribution in [-0.2, 0) is 14.4 Å². The van der Waals surface area contributed by atoms with Gasteiger partial charge < -0.3 is 9.57 Å². The Morgan fingerprint density at radius 3 is 2.50 bits per heavy atom. The molecule has 1 saturated heterocycles. The Balaban J connectivity index is 1.63. The van der Waals surface area contributed by atoms with Gasteiger partial charge in [-0.25, -0.2) is 4.79 Å². The fourth-order valence-corrected chi connectivity index (χ4v) is 2.83. The Morgan fingerprint density at radius 1 is 1.32 bits per heavy atom. The molecule has 2 atom stereocenters. The van der Waals surface area contributed by atoms with Gasteiger partial charge in [0.15, 0.2) is 0 Å². The van der Waals surface area contributed by atoms with Gasteiger partial charge in [0.05, 0.1) is 23.7 Å². The van der Waals surface area contributed by atoms with Crippen molar-refractivity contribution >= 4 is 17.8 Å². The summed E-state index contributed by atoms with van der Waals surface area (Å²) in [6.45, 7) is 2.61. The minimum atomic E-state index is -0.600. The number of benzene rings is 1. The van der Waals surface area contributed by atoms with E-state index >= 15 is 0 Å². The van der Waals surface area contributed by atoms with Crippen LogP contribution in [0.1, 0.15) is 46.9 Å². The van der Waals surface area contributed by atoms with Crippen LogP contribution < -0.4 is 0 Å². The number of hydrogen-bond acceptors (Lipinski definition) is 5. The third kappa shape index (κ3) is 2.62. The molecule has 0 aliphatic carbocycles. The van der Waals surface area contributed by atoms with Crippen molar-refractivity contribution in [3.8, 4) is 0 Å². The SMILES string of the molecule is CC(CC(=O)ON1C(=O)c2ccccc2C1=O)C1CCCO1. The van der Waals surface area contributed by atoms with Crippen molar-refractivity contribution in [3.05, 3.63) is 35.4 Å². The number of carbonyl (C=O) groups excluding carboxylic acids is 3. The topological polar surface area (TPSA) is 72.9 Å². The third-order valence-corrected chi connectivity index (χ3v) is 4.04. The molecule has 1 aromatic rings. The fraction of sp³-hybridized carbons (Fsp3) is 0.438. The zero-order valence-corrected chi connectivity index (χ0v) is 12.3. The molecule has 2 unspecified atom stereocenters. The smallest absolute Gasteiger partial charge is 0.333 e. The lowest BCUT2D eigenvalue weighted by Crippen LogP contribution is -2.34. The molecule has 1 fully saturated rings. The van der Waals surface area contributed by atoms with Gasteiger partial charge in [0.2, 0.25) is 0 Å². The number of fused-ring (bicyclic) bond motifs is 1. The molecule has 2 aliphatic rings. The minimum Gasteiger partial charge on any atom is -0.378 e. The molecule has 0 bridgehead atoms.